The first-order chi connectivity index (χ1) is 8.29. The lowest BCUT2D eigenvalue weighted by Gasteiger charge is -2.08. The van der Waals surface area contributed by atoms with Crippen molar-refractivity contribution in [2.24, 2.45) is 5.14 Å². The molecule has 4 N–H and O–H groups in total. The van der Waals surface area contributed by atoms with Crippen LogP contribution in [0.25, 0.3) is 0 Å². The Kier molecular flexibility index (Phi) is 5.05. The van der Waals surface area contributed by atoms with E-state index in [1.165, 1.54) is 12.3 Å². The molecule has 1 aromatic heterocycles. The maximum Gasteiger partial charge on any atom is 0.339 e. The summed E-state index contributed by atoms with van der Waals surface area (Å²) in [7, 11) is -3.50. The van der Waals surface area contributed by atoms with E-state index in [2.05, 4.69) is 26.2 Å². The Hall–Kier alpha value is -1.19. The number of pyridine rings is 1. The number of carboxylic acids is 1. The summed E-state index contributed by atoms with van der Waals surface area (Å²) in [6.07, 6.45) is 1.73. The van der Waals surface area contributed by atoms with Crippen LogP contribution in [0.5, 0.6) is 0 Å². The molecule has 0 amide bonds. The predicted molar refractivity (Wildman–Crippen MR) is 70.0 cm³/mol. The van der Waals surface area contributed by atoms with Crippen LogP contribution in [0.1, 0.15) is 16.8 Å². The van der Waals surface area contributed by atoms with E-state index in [4.69, 9.17) is 10.2 Å². The molecule has 0 aliphatic heterocycles. The molecule has 0 radical (unpaired) electrons. The van der Waals surface area contributed by atoms with Gasteiger partial charge in [-0.15, -0.1) is 0 Å². The summed E-state index contributed by atoms with van der Waals surface area (Å²) in [5.41, 5.74) is 0.0139. The molecule has 0 aliphatic rings. The van der Waals surface area contributed by atoms with Gasteiger partial charge in [-0.05, 0) is 28.4 Å². The highest BCUT2D eigenvalue weighted by molar-refractivity contribution is 9.10. The van der Waals surface area contributed by atoms with Crippen molar-refractivity contribution in [1.29, 1.82) is 0 Å². The minimum absolute atomic E-state index is 0.0139. The van der Waals surface area contributed by atoms with Crippen LogP contribution in [0, 0.1) is 0 Å². The second-order valence-electron chi connectivity index (χ2n) is 3.50. The lowest BCUT2D eigenvalue weighted by Crippen LogP contribution is -2.19. The minimum atomic E-state index is -3.50. The number of nitrogens with two attached hydrogens (primary N) is 1. The highest BCUT2D eigenvalue weighted by Crippen LogP contribution is 2.17. The summed E-state index contributed by atoms with van der Waals surface area (Å²) in [6.45, 7) is 0.269. The van der Waals surface area contributed by atoms with Gasteiger partial charge in [0.2, 0.25) is 10.0 Å². The third-order valence-corrected chi connectivity index (χ3v) is 3.27. The fraction of sp³-hybridized carbons (Fsp3) is 0.333. The molecule has 1 heterocycles. The van der Waals surface area contributed by atoms with E-state index in [-0.39, 0.29) is 30.1 Å². The van der Waals surface area contributed by atoms with Gasteiger partial charge >= 0.3 is 5.97 Å². The zero-order chi connectivity index (χ0) is 13.8. The monoisotopic (exact) mass is 337 g/mol. The van der Waals surface area contributed by atoms with Crippen LogP contribution in [-0.2, 0) is 10.0 Å². The van der Waals surface area contributed by atoms with E-state index in [9.17, 15) is 13.2 Å². The highest BCUT2D eigenvalue weighted by atomic mass is 79.9. The maximum atomic E-state index is 10.9. The van der Waals surface area contributed by atoms with Crippen LogP contribution in [0.2, 0.25) is 0 Å². The first-order valence-corrected chi connectivity index (χ1v) is 7.43. The van der Waals surface area contributed by atoms with Gasteiger partial charge in [-0.3, -0.25) is 0 Å². The van der Waals surface area contributed by atoms with Gasteiger partial charge in [0.25, 0.3) is 0 Å². The molecule has 0 saturated carbocycles. The van der Waals surface area contributed by atoms with E-state index in [0.29, 0.717) is 4.47 Å². The summed E-state index contributed by atoms with van der Waals surface area (Å²) in [4.78, 5) is 14.9. The van der Waals surface area contributed by atoms with E-state index >= 15 is 0 Å². The number of hydrogen-bond donors (Lipinski definition) is 3. The molecule has 0 aliphatic carbocycles. The number of carbonyl (C=O) groups is 1. The number of carboxylic acid groups (broad SMARTS) is 1. The third kappa shape index (κ3) is 4.98. The van der Waals surface area contributed by atoms with Gasteiger partial charge in [0, 0.05) is 17.2 Å². The van der Waals surface area contributed by atoms with Gasteiger partial charge in [-0.25, -0.2) is 23.3 Å². The topological polar surface area (TPSA) is 122 Å². The zero-order valence-corrected chi connectivity index (χ0v) is 11.7. The van der Waals surface area contributed by atoms with Crippen LogP contribution in [0.4, 0.5) is 5.82 Å². The smallest absolute Gasteiger partial charge is 0.339 e. The first-order valence-electron chi connectivity index (χ1n) is 4.93. The zero-order valence-electron chi connectivity index (χ0n) is 9.26. The van der Waals surface area contributed by atoms with Gasteiger partial charge in [0.15, 0.2) is 0 Å². The van der Waals surface area contributed by atoms with Gasteiger partial charge in [0.05, 0.1) is 5.75 Å². The van der Waals surface area contributed by atoms with Crippen LogP contribution in [0.3, 0.4) is 0 Å². The quantitative estimate of drug-likeness (QED) is 0.654. The molecule has 100 valence electrons. The highest BCUT2D eigenvalue weighted by Gasteiger charge is 2.12. The fourth-order valence-electron chi connectivity index (χ4n) is 1.22. The fourth-order valence-corrected chi connectivity index (χ4v) is 2.10. The Balaban J connectivity index is 2.65. The molecule has 9 heteroatoms. The minimum Gasteiger partial charge on any atom is -0.478 e. The second kappa shape index (κ2) is 6.12. The number of aromatic nitrogens is 1. The third-order valence-electron chi connectivity index (χ3n) is 1.98. The Morgan fingerprint density at radius 3 is 2.78 bits per heavy atom. The van der Waals surface area contributed by atoms with E-state index in [1.54, 1.807) is 0 Å². The molecule has 0 fully saturated rings. The predicted octanol–water partition coefficient (Wildman–Crippen LogP) is 0.633. The van der Waals surface area contributed by atoms with Crippen molar-refractivity contribution in [2.45, 2.75) is 6.42 Å². The summed E-state index contributed by atoms with van der Waals surface area (Å²) < 4.78 is 21.9. The molecule has 0 saturated heterocycles. The van der Waals surface area contributed by atoms with Crippen molar-refractivity contribution in [3.05, 3.63) is 22.3 Å². The molecule has 0 unspecified atom stereocenters. The number of halogens is 1. The molecular formula is C9H12BrN3O4S. The average molecular weight is 338 g/mol. The van der Waals surface area contributed by atoms with Crippen LogP contribution in [-0.4, -0.2) is 36.8 Å². The number of aromatic carboxylic acids is 1. The molecule has 18 heavy (non-hydrogen) atoms. The summed E-state index contributed by atoms with van der Waals surface area (Å²) in [5.74, 6) is -1.09. The summed E-state index contributed by atoms with van der Waals surface area (Å²) in [5, 5.41) is 16.6. The number of nitrogens with zero attached hydrogens (tertiary/aromatic N) is 1. The van der Waals surface area contributed by atoms with Gasteiger partial charge in [-0.2, -0.15) is 0 Å². The van der Waals surface area contributed by atoms with Crippen molar-refractivity contribution in [1.82, 2.24) is 4.98 Å². The van der Waals surface area contributed by atoms with Gasteiger partial charge < -0.3 is 10.4 Å². The number of hydrogen-bond acceptors (Lipinski definition) is 5. The number of rotatable bonds is 6. The Labute approximate surface area is 113 Å². The largest absolute Gasteiger partial charge is 0.478 e. The van der Waals surface area contributed by atoms with E-state index in [0.717, 1.165) is 0 Å². The molecule has 0 aromatic carbocycles. The number of anilines is 1. The van der Waals surface area contributed by atoms with E-state index < -0.39 is 16.0 Å². The van der Waals surface area contributed by atoms with Crippen molar-refractivity contribution < 1.29 is 18.3 Å². The lowest BCUT2D eigenvalue weighted by atomic mass is 10.2. The Bertz CT molecular complexity index is 547. The Morgan fingerprint density at radius 2 is 2.22 bits per heavy atom. The lowest BCUT2D eigenvalue weighted by molar-refractivity contribution is 0.0697. The van der Waals surface area contributed by atoms with E-state index in [1.807, 2.05) is 0 Å². The van der Waals surface area contributed by atoms with Crippen molar-refractivity contribution in [3.63, 3.8) is 0 Å². The van der Waals surface area contributed by atoms with Crippen molar-refractivity contribution >= 4 is 37.7 Å². The summed E-state index contributed by atoms with van der Waals surface area (Å²) >= 11 is 3.12. The SMILES string of the molecule is NS(=O)(=O)CCCNc1ncc(Br)cc1C(=O)O. The number of nitrogens with one attached hydrogen (secondary N) is 1. The molecule has 1 rings (SSSR count). The molecule has 7 nitrogen and oxygen atoms in total. The van der Waals surface area contributed by atoms with Crippen LogP contribution < -0.4 is 10.5 Å². The molecule has 0 bridgehead atoms. The maximum absolute atomic E-state index is 10.9. The average Bonchev–Trinajstić information content (AvgIpc) is 2.24. The standard InChI is InChI=1S/C9H12BrN3O4S/c10-6-4-7(9(14)15)8(13-5-6)12-2-1-3-18(11,16)17/h4-5H,1-3H2,(H,12,13)(H,14,15)(H2,11,16,17). The Morgan fingerprint density at radius 1 is 1.56 bits per heavy atom. The molecule has 0 atom stereocenters. The van der Waals surface area contributed by atoms with Crippen LogP contribution >= 0.6 is 15.9 Å². The molecule has 0 spiro atoms. The van der Waals surface area contributed by atoms with Gasteiger partial charge in [-0.1, -0.05) is 0 Å². The van der Waals surface area contributed by atoms with Crippen molar-refractivity contribution in [3.8, 4) is 0 Å². The molecular weight excluding hydrogens is 326 g/mol. The van der Waals surface area contributed by atoms with Crippen LogP contribution in [0.15, 0.2) is 16.7 Å². The number of sulfonamides is 1. The second-order valence-corrected chi connectivity index (χ2v) is 6.15. The molecule has 1 aromatic rings. The van der Waals surface area contributed by atoms with Crippen molar-refractivity contribution in [2.75, 3.05) is 17.6 Å². The summed E-state index contributed by atoms with van der Waals surface area (Å²) in [6, 6.07) is 1.41. The number of primary sulfonamides is 1. The van der Waals surface area contributed by atoms with Gasteiger partial charge in [0.1, 0.15) is 11.4 Å². The normalized spacial score (nSPS) is 11.2. The first kappa shape index (κ1) is 14.9.